The number of benzene rings is 2. The van der Waals surface area contributed by atoms with Crippen LogP contribution in [0.1, 0.15) is 11.1 Å². The molecule has 133 valence electrons. The Hall–Kier alpha value is -2.50. The zero-order valence-electron chi connectivity index (χ0n) is 13.5. The molecule has 0 fully saturated rings. The zero-order chi connectivity index (χ0) is 16.8. The number of rotatable bonds is 2. The number of nitrogens with zero attached hydrogens (tertiary/aromatic N) is 2. The maximum atomic E-state index is 11.3. The normalized spacial score (nSPS) is 14.9. The molecule has 0 spiro atoms. The first-order valence-electron chi connectivity index (χ1n) is 7.85. The average molecular weight is 386 g/mol. The average Bonchev–Trinajstić information content (AvgIpc) is 3.30. The van der Waals surface area contributed by atoms with E-state index in [0.29, 0.717) is 11.1 Å². The molecule has 2 heterocycles. The molecule has 0 unspecified atom stereocenters. The topological polar surface area (TPSA) is 94.9 Å². The molecule has 0 amide bonds. The molecule has 0 saturated carbocycles. The number of para-hydroxylation sites is 2. The molecule has 0 aliphatic carbocycles. The van der Waals surface area contributed by atoms with E-state index in [-0.39, 0.29) is 28.6 Å². The summed E-state index contributed by atoms with van der Waals surface area (Å²) >= 11 is 0. The monoisotopic (exact) mass is 385 g/mol. The molecule has 4 rings (SSSR count). The molecule has 0 saturated heterocycles. The Morgan fingerprint density at radius 3 is 1.40 bits per heavy atom. The van der Waals surface area contributed by atoms with Gasteiger partial charge < -0.3 is 20.8 Å². The summed E-state index contributed by atoms with van der Waals surface area (Å²) in [5.41, 5.74) is 1.35. The van der Waals surface area contributed by atoms with Gasteiger partial charge in [-0.1, -0.05) is 60.0 Å². The quantitative estimate of drug-likeness (QED) is 0.723. The molecule has 2 aliphatic heterocycles. The van der Waals surface area contributed by atoms with Crippen molar-refractivity contribution in [3.63, 3.8) is 0 Å². The van der Waals surface area contributed by atoms with Crippen molar-refractivity contribution in [2.75, 3.05) is 26.2 Å². The van der Waals surface area contributed by atoms with Crippen LogP contribution in [0.25, 0.3) is 0 Å². The van der Waals surface area contributed by atoms with E-state index in [4.69, 9.17) is 0 Å². The van der Waals surface area contributed by atoms with Gasteiger partial charge in [-0.3, -0.25) is 9.98 Å². The van der Waals surface area contributed by atoms with Gasteiger partial charge in [-0.25, -0.2) is 0 Å². The van der Waals surface area contributed by atoms with E-state index in [0.717, 1.165) is 37.9 Å². The second-order valence-electron chi connectivity index (χ2n) is 5.31. The number of hydrogen-bond acceptors (Lipinski definition) is 6. The van der Waals surface area contributed by atoms with Crippen LogP contribution in [-0.2, 0) is 17.1 Å². The minimum absolute atomic E-state index is 0. The Labute approximate surface area is 157 Å². The third kappa shape index (κ3) is 4.75. The van der Waals surface area contributed by atoms with Gasteiger partial charge >= 0.3 is 17.1 Å². The van der Waals surface area contributed by atoms with Crippen molar-refractivity contribution < 1.29 is 27.3 Å². The van der Waals surface area contributed by atoms with Crippen molar-refractivity contribution in [3.05, 3.63) is 59.7 Å². The van der Waals surface area contributed by atoms with Gasteiger partial charge in [0.05, 0.1) is 13.1 Å². The van der Waals surface area contributed by atoms with Crippen LogP contribution >= 0.6 is 0 Å². The fourth-order valence-corrected chi connectivity index (χ4v) is 2.48. The summed E-state index contributed by atoms with van der Waals surface area (Å²) in [6.07, 6.45) is 0. The van der Waals surface area contributed by atoms with Crippen molar-refractivity contribution in [2.45, 2.75) is 0 Å². The van der Waals surface area contributed by atoms with Crippen LogP contribution in [0, 0.1) is 0 Å². The van der Waals surface area contributed by atoms with Crippen LogP contribution in [0.2, 0.25) is 0 Å². The zero-order valence-corrected chi connectivity index (χ0v) is 14.4. The first kappa shape index (κ1) is 18.8. The molecule has 2 aromatic carbocycles. The molecule has 2 N–H and O–H groups in total. The summed E-state index contributed by atoms with van der Waals surface area (Å²) in [6, 6.07) is 13.9. The van der Waals surface area contributed by atoms with Crippen molar-refractivity contribution >= 4 is 11.7 Å². The van der Waals surface area contributed by atoms with Crippen LogP contribution in [0.5, 0.6) is 11.5 Å². The molecule has 1 radical (unpaired) electrons. The number of aliphatic imine (C=N–C) groups is 2. The maximum absolute atomic E-state index is 11.3. The van der Waals surface area contributed by atoms with Crippen molar-refractivity contribution in [1.29, 1.82) is 0 Å². The third-order valence-corrected chi connectivity index (χ3v) is 3.63. The second-order valence-corrected chi connectivity index (χ2v) is 5.31. The van der Waals surface area contributed by atoms with E-state index >= 15 is 0 Å². The van der Waals surface area contributed by atoms with Crippen LogP contribution in [0.3, 0.4) is 0 Å². The van der Waals surface area contributed by atoms with Gasteiger partial charge in [0, 0.05) is 24.2 Å². The van der Waals surface area contributed by atoms with E-state index in [1.54, 1.807) is 36.4 Å². The van der Waals surface area contributed by atoms with E-state index in [1.165, 1.54) is 0 Å². The van der Waals surface area contributed by atoms with Crippen molar-refractivity contribution in [2.24, 2.45) is 9.98 Å². The summed E-state index contributed by atoms with van der Waals surface area (Å²) < 4.78 is 0. The van der Waals surface area contributed by atoms with Crippen LogP contribution < -0.4 is 20.8 Å². The SMILES string of the molecule is [Cu+2].[O-]c1ccccc1C1=NCCN1.[O-]c1ccccc1C1=NCCN1. The summed E-state index contributed by atoms with van der Waals surface area (Å²) in [5, 5.41) is 28.7. The van der Waals surface area contributed by atoms with Gasteiger partial charge in [0.1, 0.15) is 11.7 Å². The molecule has 25 heavy (non-hydrogen) atoms. The van der Waals surface area contributed by atoms with Gasteiger partial charge in [0.25, 0.3) is 0 Å². The first-order chi connectivity index (χ1) is 11.8. The fourth-order valence-electron chi connectivity index (χ4n) is 2.48. The molecular weight excluding hydrogens is 368 g/mol. The smallest absolute Gasteiger partial charge is 0.872 e. The van der Waals surface area contributed by atoms with Crippen LogP contribution in [-0.4, -0.2) is 37.9 Å². The standard InChI is InChI=1S/2C9H10N2O.Cu/c2*12-8-4-2-1-3-7(8)9-10-5-6-11-9;/h2*1-4,12H,5-6H2,(H,10,11);/q;;+2/p-2. The van der Waals surface area contributed by atoms with Crippen molar-refractivity contribution in [3.8, 4) is 11.5 Å². The Morgan fingerprint density at radius 2 is 1.08 bits per heavy atom. The predicted molar refractivity (Wildman–Crippen MR) is 90.6 cm³/mol. The van der Waals surface area contributed by atoms with E-state index in [9.17, 15) is 10.2 Å². The van der Waals surface area contributed by atoms with Gasteiger partial charge in [0.2, 0.25) is 0 Å². The predicted octanol–water partition coefficient (Wildman–Crippen LogP) is 0.217. The van der Waals surface area contributed by atoms with E-state index < -0.39 is 0 Å². The Morgan fingerprint density at radius 1 is 0.680 bits per heavy atom. The number of amidine groups is 2. The minimum Gasteiger partial charge on any atom is -0.872 e. The van der Waals surface area contributed by atoms with Crippen molar-refractivity contribution in [1.82, 2.24) is 10.6 Å². The first-order valence-corrected chi connectivity index (χ1v) is 7.85. The number of nitrogens with one attached hydrogen (secondary N) is 2. The Bertz CT molecular complexity index is 712. The molecule has 0 aromatic heterocycles. The second kappa shape index (κ2) is 9.11. The van der Waals surface area contributed by atoms with Crippen LogP contribution in [0.4, 0.5) is 0 Å². The van der Waals surface area contributed by atoms with Gasteiger partial charge in [-0.2, -0.15) is 0 Å². The minimum atomic E-state index is 0. The maximum Gasteiger partial charge on any atom is 2.00 e. The Balaban J connectivity index is 0.000000173. The number of hydrogen-bond donors (Lipinski definition) is 2. The Kier molecular flexibility index (Phi) is 6.86. The molecule has 2 aromatic rings. The van der Waals surface area contributed by atoms with E-state index in [2.05, 4.69) is 20.6 Å². The largest absolute Gasteiger partial charge is 2.00 e. The van der Waals surface area contributed by atoms with E-state index in [1.807, 2.05) is 12.1 Å². The molecule has 0 atom stereocenters. The van der Waals surface area contributed by atoms with Crippen LogP contribution in [0.15, 0.2) is 58.5 Å². The molecule has 6 nitrogen and oxygen atoms in total. The molecular formula is C18H18CuN4O2. The molecule has 7 heteroatoms. The summed E-state index contributed by atoms with van der Waals surface area (Å²) in [7, 11) is 0. The summed E-state index contributed by atoms with van der Waals surface area (Å²) in [5.74, 6) is 1.54. The molecule has 0 bridgehead atoms. The summed E-state index contributed by atoms with van der Waals surface area (Å²) in [6.45, 7) is 3.21. The van der Waals surface area contributed by atoms with Gasteiger partial charge in [-0.05, 0) is 0 Å². The third-order valence-electron chi connectivity index (χ3n) is 3.63. The summed E-state index contributed by atoms with van der Waals surface area (Å²) in [4.78, 5) is 8.34. The molecule has 2 aliphatic rings. The fraction of sp³-hybridized carbons (Fsp3) is 0.222. The van der Waals surface area contributed by atoms with Gasteiger partial charge in [0.15, 0.2) is 0 Å². The van der Waals surface area contributed by atoms with Gasteiger partial charge in [-0.15, -0.1) is 0 Å².